The lowest BCUT2D eigenvalue weighted by Gasteiger charge is -2.21. The van der Waals surface area contributed by atoms with E-state index in [0.29, 0.717) is 18.4 Å². The predicted molar refractivity (Wildman–Crippen MR) is 80.8 cm³/mol. The molecule has 1 aliphatic rings. The van der Waals surface area contributed by atoms with Gasteiger partial charge in [-0.2, -0.15) is 13.2 Å². The fourth-order valence-corrected chi connectivity index (χ4v) is 3.65. The van der Waals surface area contributed by atoms with Crippen LogP contribution in [-0.4, -0.2) is 23.7 Å². The van der Waals surface area contributed by atoms with Crippen LogP contribution in [0.25, 0.3) is 0 Å². The maximum Gasteiger partial charge on any atom is 0.471 e. The van der Waals surface area contributed by atoms with Crippen molar-refractivity contribution in [3.63, 3.8) is 0 Å². The number of carbonyl (C=O) groups is 2. The maximum atomic E-state index is 12.5. The summed E-state index contributed by atoms with van der Waals surface area (Å²) >= 11 is 1.03. The molecule has 0 saturated carbocycles. The number of esters is 1. The van der Waals surface area contributed by atoms with Crippen LogP contribution >= 0.6 is 11.3 Å². The van der Waals surface area contributed by atoms with Gasteiger partial charge in [-0.15, -0.1) is 11.3 Å². The smallest absolute Gasteiger partial charge is 0.456 e. The second kappa shape index (κ2) is 6.14. The topological polar surface area (TPSA) is 55.4 Å². The molecule has 0 saturated heterocycles. The van der Waals surface area contributed by atoms with Gasteiger partial charge in [0.1, 0.15) is 10.6 Å². The molecule has 1 aromatic heterocycles. The second-order valence-electron chi connectivity index (χ2n) is 6.37. The van der Waals surface area contributed by atoms with Crippen LogP contribution in [0.3, 0.4) is 0 Å². The van der Waals surface area contributed by atoms with E-state index in [4.69, 9.17) is 4.74 Å². The fourth-order valence-electron chi connectivity index (χ4n) is 2.37. The average molecular weight is 349 g/mol. The van der Waals surface area contributed by atoms with E-state index in [0.717, 1.165) is 29.1 Å². The number of amides is 1. The lowest BCUT2D eigenvalue weighted by Crippen LogP contribution is -2.31. The summed E-state index contributed by atoms with van der Waals surface area (Å²) in [5.41, 5.74) is -0.00324. The minimum absolute atomic E-state index is 0.0669. The first-order valence-electron chi connectivity index (χ1n) is 7.25. The van der Waals surface area contributed by atoms with Gasteiger partial charge in [0.2, 0.25) is 0 Å². The summed E-state index contributed by atoms with van der Waals surface area (Å²) < 4.78 is 42.8. The first kappa shape index (κ1) is 17.8. The van der Waals surface area contributed by atoms with Crippen molar-refractivity contribution in [2.24, 2.45) is 0 Å². The number of halogens is 3. The summed E-state index contributed by atoms with van der Waals surface area (Å²) in [6, 6.07) is 0. The summed E-state index contributed by atoms with van der Waals surface area (Å²) in [7, 11) is 0. The first-order valence-corrected chi connectivity index (χ1v) is 8.07. The van der Waals surface area contributed by atoms with E-state index in [9.17, 15) is 22.8 Å². The Labute approximate surface area is 136 Å². The van der Waals surface area contributed by atoms with E-state index in [2.05, 4.69) is 0 Å². The van der Waals surface area contributed by atoms with Crippen LogP contribution in [0.1, 0.15) is 54.4 Å². The Bertz CT molecular complexity index is 629. The number of carbonyl (C=O) groups excluding carboxylic acids is 2. The van der Waals surface area contributed by atoms with Crippen LogP contribution in [0.5, 0.6) is 0 Å². The molecule has 1 N–H and O–H groups in total. The quantitative estimate of drug-likeness (QED) is 0.819. The number of alkyl halides is 3. The molecule has 1 aliphatic carbocycles. The van der Waals surface area contributed by atoms with Crippen LogP contribution in [-0.2, 0) is 22.4 Å². The van der Waals surface area contributed by atoms with Gasteiger partial charge in [-0.3, -0.25) is 4.79 Å². The molecule has 0 spiro atoms. The Hall–Kier alpha value is -1.57. The van der Waals surface area contributed by atoms with E-state index in [1.807, 2.05) is 5.32 Å². The monoisotopic (exact) mass is 349 g/mol. The van der Waals surface area contributed by atoms with Crippen LogP contribution in [0.4, 0.5) is 18.2 Å². The number of anilines is 1. The van der Waals surface area contributed by atoms with Gasteiger partial charge in [0.15, 0.2) is 0 Å². The largest absolute Gasteiger partial charge is 0.471 e. The molecule has 0 atom stereocenters. The van der Waals surface area contributed by atoms with Crippen molar-refractivity contribution in [3.8, 4) is 0 Å². The Morgan fingerprint density at radius 1 is 1.13 bits per heavy atom. The van der Waals surface area contributed by atoms with E-state index in [-0.39, 0.29) is 10.6 Å². The Morgan fingerprint density at radius 2 is 1.74 bits per heavy atom. The highest BCUT2D eigenvalue weighted by Crippen LogP contribution is 2.39. The molecule has 23 heavy (non-hydrogen) atoms. The third-order valence-corrected chi connectivity index (χ3v) is 4.47. The fraction of sp³-hybridized carbons (Fsp3) is 0.600. The van der Waals surface area contributed by atoms with E-state index in [1.165, 1.54) is 0 Å². The molecule has 1 aromatic rings. The van der Waals surface area contributed by atoms with E-state index < -0.39 is 23.7 Å². The second-order valence-corrected chi connectivity index (χ2v) is 7.47. The number of hydrogen-bond acceptors (Lipinski definition) is 4. The lowest BCUT2D eigenvalue weighted by molar-refractivity contribution is -0.167. The lowest BCUT2D eigenvalue weighted by atomic mass is 9.95. The minimum atomic E-state index is -5.00. The molecule has 0 aromatic carbocycles. The molecule has 0 bridgehead atoms. The van der Waals surface area contributed by atoms with Gasteiger partial charge in [0, 0.05) is 4.88 Å². The van der Waals surface area contributed by atoms with Gasteiger partial charge in [0.05, 0.1) is 5.56 Å². The summed E-state index contributed by atoms with van der Waals surface area (Å²) in [4.78, 5) is 24.5. The molecule has 0 radical (unpaired) electrons. The first-order chi connectivity index (χ1) is 10.5. The maximum absolute atomic E-state index is 12.5. The Kier molecular flexibility index (Phi) is 4.75. The SMILES string of the molecule is CC(C)(C)OC(=O)c1c(NC(=O)C(F)(F)F)sc2c1CCCC2. The number of nitrogens with one attached hydrogen (secondary N) is 1. The molecule has 1 amide bonds. The molecular formula is C15H18F3NO3S. The van der Waals surface area contributed by atoms with Crippen molar-refractivity contribution in [2.45, 2.75) is 58.2 Å². The molecule has 128 valence electrons. The van der Waals surface area contributed by atoms with Gasteiger partial charge in [0.25, 0.3) is 0 Å². The number of ether oxygens (including phenoxy) is 1. The summed E-state index contributed by atoms with van der Waals surface area (Å²) in [6.45, 7) is 5.03. The normalized spacial score (nSPS) is 15.0. The minimum Gasteiger partial charge on any atom is -0.456 e. The van der Waals surface area contributed by atoms with E-state index >= 15 is 0 Å². The molecule has 0 unspecified atom stereocenters. The molecule has 0 aliphatic heterocycles. The zero-order valence-corrected chi connectivity index (χ0v) is 13.9. The van der Waals surface area contributed by atoms with Gasteiger partial charge < -0.3 is 10.1 Å². The van der Waals surface area contributed by atoms with Gasteiger partial charge >= 0.3 is 18.1 Å². The Balaban J connectivity index is 2.39. The van der Waals surface area contributed by atoms with Crippen molar-refractivity contribution >= 4 is 28.2 Å². The number of hydrogen-bond donors (Lipinski definition) is 1. The zero-order valence-electron chi connectivity index (χ0n) is 13.1. The molecule has 2 rings (SSSR count). The van der Waals surface area contributed by atoms with Crippen molar-refractivity contribution in [3.05, 3.63) is 16.0 Å². The van der Waals surface area contributed by atoms with Gasteiger partial charge in [-0.05, 0) is 52.0 Å². The molecule has 1 heterocycles. The van der Waals surface area contributed by atoms with Crippen LogP contribution in [0.2, 0.25) is 0 Å². The number of fused-ring (bicyclic) bond motifs is 1. The van der Waals surface area contributed by atoms with Crippen LogP contribution < -0.4 is 5.32 Å². The zero-order chi connectivity index (χ0) is 17.4. The van der Waals surface area contributed by atoms with Crippen LogP contribution in [0, 0.1) is 0 Å². The highest BCUT2D eigenvalue weighted by Gasteiger charge is 2.40. The molecule has 8 heteroatoms. The third kappa shape index (κ3) is 4.25. The van der Waals surface area contributed by atoms with Gasteiger partial charge in [-0.25, -0.2) is 4.79 Å². The average Bonchev–Trinajstić information content (AvgIpc) is 2.73. The molecule has 4 nitrogen and oxygen atoms in total. The highest BCUT2D eigenvalue weighted by molar-refractivity contribution is 7.17. The Morgan fingerprint density at radius 3 is 2.30 bits per heavy atom. The number of rotatable bonds is 2. The van der Waals surface area contributed by atoms with Crippen molar-refractivity contribution in [1.82, 2.24) is 0 Å². The number of aryl methyl sites for hydroxylation is 1. The van der Waals surface area contributed by atoms with Crippen LogP contribution in [0.15, 0.2) is 0 Å². The van der Waals surface area contributed by atoms with E-state index in [1.54, 1.807) is 20.8 Å². The van der Waals surface area contributed by atoms with Crippen molar-refractivity contribution in [1.29, 1.82) is 0 Å². The third-order valence-electron chi connectivity index (χ3n) is 3.26. The summed E-state index contributed by atoms with van der Waals surface area (Å²) in [6.07, 6.45) is -1.95. The standard InChI is InChI=1S/C15H18F3NO3S/c1-14(2,3)22-12(20)10-8-6-4-5-7-9(8)23-11(10)19-13(21)15(16,17)18/h4-7H2,1-3H3,(H,19,21). The summed E-state index contributed by atoms with van der Waals surface area (Å²) in [5.74, 6) is -2.78. The number of thiophene rings is 1. The predicted octanol–water partition coefficient (Wildman–Crippen LogP) is 4.08. The summed E-state index contributed by atoms with van der Waals surface area (Å²) in [5, 5.41) is 1.75. The highest BCUT2D eigenvalue weighted by atomic mass is 32.1. The van der Waals surface area contributed by atoms with Crippen molar-refractivity contribution < 1.29 is 27.5 Å². The van der Waals surface area contributed by atoms with Gasteiger partial charge in [-0.1, -0.05) is 0 Å². The van der Waals surface area contributed by atoms with Crippen molar-refractivity contribution in [2.75, 3.05) is 5.32 Å². The molecular weight excluding hydrogens is 331 g/mol. The molecule has 0 fully saturated rings.